The van der Waals surface area contributed by atoms with Crippen molar-refractivity contribution in [1.29, 1.82) is 0 Å². The van der Waals surface area contributed by atoms with Crippen LogP contribution in [0.3, 0.4) is 0 Å². The van der Waals surface area contributed by atoms with Crippen molar-refractivity contribution >= 4 is 29.8 Å². The highest BCUT2D eigenvalue weighted by Crippen LogP contribution is 2.20. The molecule has 0 spiro atoms. The van der Waals surface area contributed by atoms with Crippen molar-refractivity contribution in [3.8, 4) is 0 Å². The van der Waals surface area contributed by atoms with Crippen LogP contribution in [0, 0.1) is 45.8 Å². The summed E-state index contributed by atoms with van der Waals surface area (Å²) in [6, 6.07) is 7.93. The normalized spacial score (nSPS) is 11.7. The van der Waals surface area contributed by atoms with Crippen LogP contribution in [0.2, 0.25) is 0 Å². The van der Waals surface area contributed by atoms with Gasteiger partial charge in [-0.3, -0.25) is 24.0 Å². The highest BCUT2D eigenvalue weighted by Gasteiger charge is 2.30. The smallest absolute Gasteiger partial charge is 0.311 e. The molecule has 0 aliphatic heterocycles. The first-order valence-corrected chi connectivity index (χ1v) is 23.3. The van der Waals surface area contributed by atoms with E-state index >= 15 is 0 Å². The highest BCUT2D eigenvalue weighted by molar-refractivity contribution is 5.75. The molecule has 0 bridgehead atoms. The van der Waals surface area contributed by atoms with Gasteiger partial charge in [0.05, 0.1) is 66.7 Å². The molecule has 0 unspecified atom stereocenters. The van der Waals surface area contributed by atoms with Crippen LogP contribution in [0.25, 0.3) is 0 Å². The molecule has 15 nitrogen and oxygen atoms in total. The number of aryl methyl sites for hydroxylation is 1. The first-order chi connectivity index (χ1) is 30.2. The number of unbranched alkanes of at least 4 members (excludes halogenated alkanes) is 2. The number of hydrogen-bond donors (Lipinski definition) is 5. The number of hydrogen-bond acceptors (Lipinski definition) is 10. The van der Waals surface area contributed by atoms with Crippen molar-refractivity contribution in [2.24, 2.45) is 38.9 Å². The minimum atomic E-state index is -0.836. The van der Waals surface area contributed by atoms with Gasteiger partial charge in [-0.2, -0.15) is 0 Å². The lowest BCUT2D eigenvalue weighted by Gasteiger charge is -2.20. The largest absolute Gasteiger partial charge is 0.481 e. The number of carboxylic acid groups (broad SMARTS) is 5. The van der Waals surface area contributed by atoms with E-state index in [4.69, 9.17) is 49.2 Å². The van der Waals surface area contributed by atoms with E-state index in [0.29, 0.717) is 64.7 Å². The molecule has 1 aromatic rings. The Morgan fingerprint density at radius 3 is 1.08 bits per heavy atom. The molecule has 1 aromatic carbocycles. The predicted octanol–water partition coefficient (Wildman–Crippen LogP) is 10.8. The topological polar surface area (TPSA) is 233 Å². The molecule has 0 radical (unpaired) electrons. The Labute approximate surface area is 398 Å². The lowest BCUT2D eigenvalue weighted by atomic mass is 9.95. The second kappa shape index (κ2) is 36.4. The van der Waals surface area contributed by atoms with E-state index < -0.39 is 56.9 Å². The second-order valence-electron chi connectivity index (χ2n) is 20.3. The van der Waals surface area contributed by atoms with Crippen molar-refractivity contribution in [2.45, 2.75) is 163 Å². The van der Waals surface area contributed by atoms with Crippen LogP contribution in [0.1, 0.15) is 160 Å². The van der Waals surface area contributed by atoms with Crippen LogP contribution in [0.5, 0.6) is 0 Å². The minimum Gasteiger partial charge on any atom is -0.481 e. The van der Waals surface area contributed by atoms with Crippen LogP contribution < -0.4 is 0 Å². The zero-order valence-electron chi connectivity index (χ0n) is 44.1. The van der Waals surface area contributed by atoms with E-state index in [2.05, 4.69) is 27.7 Å². The van der Waals surface area contributed by atoms with E-state index in [1.807, 2.05) is 45.0 Å². The van der Waals surface area contributed by atoms with Crippen molar-refractivity contribution in [3.63, 3.8) is 0 Å². The quantitative estimate of drug-likeness (QED) is 0.0470. The lowest BCUT2D eigenvalue weighted by molar-refractivity contribution is -0.151. The zero-order chi connectivity index (χ0) is 52.4. The van der Waals surface area contributed by atoms with E-state index in [-0.39, 0.29) is 13.2 Å². The Balaban J connectivity index is -0.000000366. The van der Waals surface area contributed by atoms with Gasteiger partial charge in [-0.05, 0) is 112 Å². The second-order valence-corrected chi connectivity index (χ2v) is 20.3. The SMILES string of the molecule is CC(C)COCC(C)(C)C(=O)O.CCC(CC)COCC(C)(C)C(=O)O.CCCCOCC(C)(C)C(=O)O.CCCCOCC(C)(C)C(=O)O.Cc1ccccc1COCC(C)(C)C(=O)O. The third kappa shape index (κ3) is 36.5. The fraction of sp³-hybridized carbons (Fsp3) is 0.784. The molecule has 388 valence electrons. The summed E-state index contributed by atoms with van der Waals surface area (Å²) in [5.41, 5.74) is -1.62. The van der Waals surface area contributed by atoms with E-state index in [1.165, 1.54) is 0 Å². The number of benzene rings is 1. The minimum absolute atomic E-state index is 0.219. The summed E-state index contributed by atoms with van der Waals surface area (Å²) in [5, 5.41) is 43.9. The first-order valence-electron chi connectivity index (χ1n) is 23.3. The monoisotopic (exact) mass is 947 g/mol. The molecule has 0 aliphatic carbocycles. The summed E-state index contributed by atoms with van der Waals surface area (Å²) in [7, 11) is 0. The molecule has 5 N–H and O–H groups in total. The Morgan fingerprint density at radius 2 is 0.788 bits per heavy atom. The molecule has 0 saturated carbocycles. The molecule has 1 rings (SSSR count). The number of ether oxygens (including phenoxy) is 5. The van der Waals surface area contributed by atoms with Gasteiger partial charge < -0.3 is 49.2 Å². The van der Waals surface area contributed by atoms with Crippen molar-refractivity contribution in [1.82, 2.24) is 0 Å². The number of aliphatic carboxylic acids is 5. The molecule has 0 heterocycles. The predicted molar refractivity (Wildman–Crippen MR) is 260 cm³/mol. The summed E-state index contributed by atoms with van der Waals surface area (Å²) in [4.78, 5) is 53.4. The van der Waals surface area contributed by atoms with Crippen molar-refractivity contribution < 1.29 is 73.2 Å². The zero-order valence-corrected chi connectivity index (χ0v) is 44.1. The van der Waals surface area contributed by atoms with Crippen molar-refractivity contribution in [3.05, 3.63) is 35.4 Å². The van der Waals surface area contributed by atoms with Gasteiger partial charge in [-0.25, -0.2) is 0 Å². The third-order valence-electron chi connectivity index (χ3n) is 9.97. The average Bonchev–Trinajstić information content (AvgIpc) is 3.21. The molecule has 0 fully saturated rings. The van der Waals surface area contributed by atoms with E-state index in [1.54, 1.807) is 69.2 Å². The van der Waals surface area contributed by atoms with Gasteiger partial charge in [-0.15, -0.1) is 0 Å². The summed E-state index contributed by atoms with van der Waals surface area (Å²) >= 11 is 0. The fourth-order valence-corrected chi connectivity index (χ4v) is 4.20. The molecule has 0 atom stereocenters. The highest BCUT2D eigenvalue weighted by atomic mass is 16.5. The standard InChI is InChI=1S/C13H18O3.C11H22O3.3C9H18O3/c1-10-6-4-5-7-11(10)8-16-9-13(2,3)12(14)15;1-5-9(6-2)7-14-8-11(3,4)10(12)13;1-7(2)5-12-6-9(3,4)8(10)11;2*1-4-5-6-12-7-9(2,3)8(10)11/h4-7H,8-9H2,1-3H3,(H,14,15);9H,5-8H2,1-4H3,(H,12,13);7H,5-6H2,1-4H3,(H,10,11);2*4-7H2,1-3H3,(H,10,11). The summed E-state index contributed by atoms with van der Waals surface area (Å²) in [6.45, 7) is 35.6. The van der Waals surface area contributed by atoms with E-state index in [9.17, 15) is 24.0 Å². The number of carboxylic acids is 5. The van der Waals surface area contributed by atoms with Crippen LogP contribution in [0.15, 0.2) is 24.3 Å². The summed E-state index contributed by atoms with van der Waals surface area (Å²) in [6.07, 6.45) is 6.32. The number of carbonyl (C=O) groups is 5. The molecule has 0 aliphatic rings. The van der Waals surface area contributed by atoms with E-state index in [0.717, 1.165) is 49.7 Å². The first kappa shape index (κ1) is 68.9. The molecular weight excluding hydrogens is 853 g/mol. The fourth-order valence-electron chi connectivity index (χ4n) is 4.20. The molecule has 0 amide bonds. The third-order valence-corrected chi connectivity index (χ3v) is 9.97. The molecule has 66 heavy (non-hydrogen) atoms. The molecule has 0 saturated heterocycles. The van der Waals surface area contributed by atoms with Crippen LogP contribution in [-0.2, 0) is 54.3 Å². The molecule has 15 heteroatoms. The summed E-state index contributed by atoms with van der Waals surface area (Å²) < 4.78 is 26.5. The molecular formula is C51H94O15. The van der Waals surface area contributed by atoms with Gasteiger partial charge in [0, 0.05) is 26.4 Å². The lowest BCUT2D eigenvalue weighted by Crippen LogP contribution is -2.30. The Bertz CT molecular complexity index is 1430. The van der Waals surface area contributed by atoms with Gasteiger partial charge in [0.2, 0.25) is 0 Å². The average molecular weight is 947 g/mol. The summed E-state index contributed by atoms with van der Waals surface area (Å²) in [5.74, 6) is -3.06. The maximum absolute atomic E-state index is 10.9. The van der Waals surface area contributed by atoms with Gasteiger partial charge in [0.25, 0.3) is 0 Å². The number of rotatable bonds is 29. The van der Waals surface area contributed by atoms with Gasteiger partial charge in [0.1, 0.15) is 0 Å². The van der Waals surface area contributed by atoms with Crippen LogP contribution in [0.4, 0.5) is 0 Å². The maximum Gasteiger partial charge on any atom is 0.311 e. The Kier molecular flexibility index (Phi) is 38.0. The Morgan fingerprint density at radius 1 is 0.485 bits per heavy atom. The molecule has 0 aromatic heterocycles. The van der Waals surface area contributed by atoms with Crippen LogP contribution in [-0.4, -0.2) is 115 Å². The maximum atomic E-state index is 10.9. The Hall–Kier alpha value is -3.63. The van der Waals surface area contributed by atoms with Crippen LogP contribution >= 0.6 is 0 Å². The van der Waals surface area contributed by atoms with Gasteiger partial charge in [-0.1, -0.05) is 91.5 Å². The van der Waals surface area contributed by atoms with Gasteiger partial charge >= 0.3 is 29.8 Å². The van der Waals surface area contributed by atoms with Crippen molar-refractivity contribution in [2.75, 3.05) is 59.5 Å². The van der Waals surface area contributed by atoms with Gasteiger partial charge in [0.15, 0.2) is 0 Å².